The maximum Gasteiger partial charge on any atom is 0.413 e. The highest BCUT2D eigenvalue weighted by Crippen LogP contribution is 2.37. The number of carbonyl (C=O) groups excluding carboxylic acids is 2. The van der Waals surface area contributed by atoms with Crippen LogP contribution >= 0.6 is 0 Å². The molecule has 29 heavy (non-hydrogen) atoms. The normalized spacial score (nSPS) is 19.3. The molecule has 2 aromatic rings. The van der Waals surface area contributed by atoms with E-state index in [0.717, 1.165) is 0 Å². The van der Waals surface area contributed by atoms with Gasteiger partial charge in [0.1, 0.15) is 11.6 Å². The van der Waals surface area contributed by atoms with Crippen molar-refractivity contribution in [3.8, 4) is 22.9 Å². The Kier molecular flexibility index (Phi) is 4.68. The summed E-state index contributed by atoms with van der Waals surface area (Å²) < 4.78 is 30.3. The van der Waals surface area contributed by atoms with E-state index in [1.54, 1.807) is 30.3 Å². The maximum absolute atomic E-state index is 14.7. The summed E-state index contributed by atoms with van der Waals surface area (Å²) in [5.74, 6) is -0.182. The fraction of sp³-hybridized carbons (Fsp3) is 0.250. The molecule has 2 heterocycles. The fourth-order valence-corrected chi connectivity index (χ4v) is 3.34. The number of halogens is 1. The van der Waals surface area contributed by atoms with E-state index in [0.29, 0.717) is 28.0 Å². The van der Waals surface area contributed by atoms with Crippen LogP contribution in [0.25, 0.3) is 11.1 Å². The predicted molar refractivity (Wildman–Crippen MR) is 97.2 cm³/mol. The Balaban J connectivity index is 1.60. The molecular formula is C20H16FN3O5. The number of hydrogen-bond donors (Lipinski definition) is 1. The first-order chi connectivity index (χ1) is 14.0. The monoisotopic (exact) mass is 397 g/mol. The van der Waals surface area contributed by atoms with Gasteiger partial charge in [-0.3, -0.25) is 4.90 Å². The van der Waals surface area contributed by atoms with Gasteiger partial charge >= 0.3 is 12.2 Å². The Bertz CT molecular complexity index is 1020. The molecule has 2 aromatic carbocycles. The second kappa shape index (κ2) is 7.31. The first-order valence-electron chi connectivity index (χ1n) is 8.79. The van der Waals surface area contributed by atoms with Gasteiger partial charge in [0.2, 0.25) is 6.23 Å². The number of ether oxygens (including phenoxy) is 3. The first kappa shape index (κ1) is 18.6. The number of nitrogens with one attached hydrogen (secondary N) is 1. The third-order valence-electron chi connectivity index (χ3n) is 4.81. The average Bonchev–Trinajstić information content (AvgIpc) is 3.04. The number of carbonyl (C=O) groups is 2. The van der Waals surface area contributed by atoms with Crippen molar-refractivity contribution in [1.29, 1.82) is 5.26 Å². The van der Waals surface area contributed by atoms with Gasteiger partial charge in [0.15, 0.2) is 6.10 Å². The highest BCUT2D eigenvalue weighted by atomic mass is 19.1. The molecule has 1 fully saturated rings. The number of fused-ring (bicyclic) bond motifs is 2. The molecule has 0 bridgehead atoms. The molecule has 4 rings (SSSR count). The zero-order chi connectivity index (χ0) is 20.5. The van der Waals surface area contributed by atoms with E-state index in [2.05, 4.69) is 10.1 Å². The van der Waals surface area contributed by atoms with Gasteiger partial charge in [-0.25, -0.2) is 14.0 Å². The standard InChI is InChI=1S/C20H16FN3O5/c1-27-19(25)23-9-17-18-24(20(26)29-17)10-13-6-14(15(21)7-16(13)28-18)12-4-2-11(8-22)3-5-12/h2-7,17-18H,9-10H2,1H3,(H,23,25)/t17-,18-/m0/s1. The molecule has 0 aliphatic carbocycles. The van der Waals surface area contributed by atoms with E-state index in [1.165, 1.54) is 18.1 Å². The van der Waals surface area contributed by atoms with Gasteiger partial charge in [0.25, 0.3) is 0 Å². The molecule has 2 aliphatic rings. The Labute approximate surface area is 165 Å². The fourth-order valence-electron chi connectivity index (χ4n) is 3.34. The summed E-state index contributed by atoms with van der Waals surface area (Å²) in [6.07, 6.45) is -2.78. The summed E-state index contributed by atoms with van der Waals surface area (Å²) >= 11 is 0. The minimum absolute atomic E-state index is 0.000715. The molecule has 148 valence electrons. The van der Waals surface area contributed by atoms with Crippen molar-refractivity contribution in [1.82, 2.24) is 10.2 Å². The van der Waals surface area contributed by atoms with E-state index < -0.39 is 30.3 Å². The van der Waals surface area contributed by atoms with Crippen LogP contribution in [0, 0.1) is 17.1 Å². The molecule has 0 unspecified atom stereocenters. The van der Waals surface area contributed by atoms with Crippen molar-refractivity contribution in [2.75, 3.05) is 13.7 Å². The van der Waals surface area contributed by atoms with Crippen LogP contribution in [0.15, 0.2) is 36.4 Å². The number of cyclic esters (lactones) is 1. The minimum atomic E-state index is -0.785. The topological polar surface area (TPSA) is 101 Å². The molecule has 2 amide bonds. The van der Waals surface area contributed by atoms with Crippen molar-refractivity contribution in [2.24, 2.45) is 0 Å². The van der Waals surface area contributed by atoms with Crippen molar-refractivity contribution in [3.05, 3.63) is 53.3 Å². The Morgan fingerprint density at radius 1 is 1.34 bits per heavy atom. The minimum Gasteiger partial charge on any atom is -0.466 e. The quantitative estimate of drug-likeness (QED) is 0.855. The zero-order valence-corrected chi connectivity index (χ0v) is 15.3. The highest BCUT2D eigenvalue weighted by Gasteiger charge is 2.46. The number of benzene rings is 2. The summed E-state index contributed by atoms with van der Waals surface area (Å²) in [4.78, 5) is 24.9. The van der Waals surface area contributed by atoms with Gasteiger partial charge in [0.05, 0.1) is 31.8 Å². The maximum atomic E-state index is 14.7. The predicted octanol–water partition coefficient (Wildman–Crippen LogP) is 2.76. The number of nitriles is 1. The van der Waals surface area contributed by atoms with E-state index in [1.807, 2.05) is 6.07 Å². The van der Waals surface area contributed by atoms with E-state index >= 15 is 0 Å². The zero-order valence-electron chi connectivity index (χ0n) is 15.3. The van der Waals surface area contributed by atoms with Crippen LogP contribution in [0.5, 0.6) is 5.75 Å². The van der Waals surface area contributed by atoms with Gasteiger partial charge in [-0.1, -0.05) is 12.1 Å². The van der Waals surface area contributed by atoms with Crippen LogP contribution in [0.2, 0.25) is 0 Å². The lowest BCUT2D eigenvalue weighted by Crippen LogP contribution is -2.47. The molecule has 0 saturated carbocycles. The number of rotatable bonds is 3. The van der Waals surface area contributed by atoms with Gasteiger partial charge in [-0.15, -0.1) is 0 Å². The molecule has 8 nitrogen and oxygen atoms in total. The van der Waals surface area contributed by atoms with E-state index in [9.17, 15) is 14.0 Å². The average molecular weight is 397 g/mol. The third kappa shape index (κ3) is 3.40. The highest BCUT2D eigenvalue weighted by molar-refractivity contribution is 5.73. The summed E-state index contributed by atoms with van der Waals surface area (Å²) in [6.45, 7) is 0.178. The second-order valence-corrected chi connectivity index (χ2v) is 6.56. The molecule has 1 saturated heterocycles. The Hall–Kier alpha value is -3.80. The van der Waals surface area contributed by atoms with Crippen molar-refractivity contribution in [2.45, 2.75) is 18.9 Å². The van der Waals surface area contributed by atoms with Gasteiger partial charge in [0, 0.05) is 17.2 Å². The van der Waals surface area contributed by atoms with Gasteiger partial charge in [-0.05, 0) is 23.8 Å². The van der Waals surface area contributed by atoms with Gasteiger partial charge in [-0.2, -0.15) is 5.26 Å². The van der Waals surface area contributed by atoms with Crippen LogP contribution in [0.1, 0.15) is 11.1 Å². The summed E-state index contributed by atoms with van der Waals surface area (Å²) in [6, 6.07) is 11.5. The molecule has 0 radical (unpaired) electrons. The molecule has 0 aromatic heterocycles. The summed E-state index contributed by atoms with van der Waals surface area (Å²) in [5, 5.41) is 11.4. The summed E-state index contributed by atoms with van der Waals surface area (Å²) in [5.41, 5.74) is 2.05. The molecular weight excluding hydrogens is 381 g/mol. The largest absolute Gasteiger partial charge is 0.466 e. The van der Waals surface area contributed by atoms with Gasteiger partial charge < -0.3 is 19.5 Å². The molecule has 2 aliphatic heterocycles. The molecule has 9 heteroatoms. The Morgan fingerprint density at radius 3 is 2.79 bits per heavy atom. The van der Waals surface area contributed by atoms with Crippen LogP contribution in [-0.4, -0.2) is 43.1 Å². The summed E-state index contributed by atoms with van der Waals surface area (Å²) in [7, 11) is 1.23. The molecule has 0 spiro atoms. The molecule has 2 atom stereocenters. The number of hydrogen-bond acceptors (Lipinski definition) is 6. The van der Waals surface area contributed by atoms with Crippen molar-refractivity contribution >= 4 is 12.2 Å². The van der Waals surface area contributed by atoms with Crippen molar-refractivity contribution in [3.63, 3.8) is 0 Å². The first-order valence-corrected chi connectivity index (χ1v) is 8.79. The van der Waals surface area contributed by atoms with Crippen LogP contribution in [0.4, 0.5) is 14.0 Å². The van der Waals surface area contributed by atoms with Crippen LogP contribution in [-0.2, 0) is 16.0 Å². The lowest BCUT2D eigenvalue weighted by atomic mass is 9.99. The number of methoxy groups -OCH3 is 1. The van der Waals surface area contributed by atoms with E-state index in [-0.39, 0.29) is 13.1 Å². The second-order valence-electron chi connectivity index (χ2n) is 6.56. The third-order valence-corrected chi connectivity index (χ3v) is 4.81. The van der Waals surface area contributed by atoms with Crippen LogP contribution in [0.3, 0.4) is 0 Å². The number of alkyl carbamates (subject to hydrolysis) is 1. The lowest BCUT2D eigenvalue weighted by Gasteiger charge is -2.31. The van der Waals surface area contributed by atoms with E-state index in [4.69, 9.17) is 14.7 Å². The number of amides is 2. The Morgan fingerprint density at radius 2 is 2.10 bits per heavy atom. The number of nitrogens with zero attached hydrogens (tertiary/aromatic N) is 2. The van der Waals surface area contributed by atoms with Crippen LogP contribution < -0.4 is 10.1 Å². The SMILES string of the molecule is COC(=O)NC[C@@H]1OC(=O)N2Cc3cc(-c4ccc(C#N)cc4)c(F)cc3O[C@@H]12. The van der Waals surface area contributed by atoms with Crippen molar-refractivity contribution < 1.29 is 28.2 Å². The lowest BCUT2D eigenvalue weighted by molar-refractivity contribution is 0.0185. The smallest absolute Gasteiger partial charge is 0.413 e. The molecule has 1 N–H and O–H groups in total.